The minimum atomic E-state index is 0.266. The summed E-state index contributed by atoms with van der Waals surface area (Å²) in [6, 6.07) is 4.90. The highest BCUT2D eigenvalue weighted by Gasteiger charge is 2.48. The molecule has 88 valence electrons. The largest absolute Gasteiger partial charge is 0.327 e. The van der Waals surface area contributed by atoms with Crippen molar-refractivity contribution in [3.05, 3.63) is 28.8 Å². The predicted molar refractivity (Wildman–Crippen MR) is 72.3 cm³/mol. The molecular weight excluding hydrogens is 214 g/mol. The lowest BCUT2D eigenvalue weighted by atomic mass is 9.85. The van der Waals surface area contributed by atoms with Crippen molar-refractivity contribution in [2.75, 3.05) is 6.26 Å². The minimum absolute atomic E-state index is 0.266. The van der Waals surface area contributed by atoms with Gasteiger partial charge in [0.2, 0.25) is 0 Å². The highest BCUT2D eigenvalue weighted by molar-refractivity contribution is 7.98. The molecule has 1 saturated carbocycles. The number of thioether (sulfide) groups is 1. The number of hydrogen-bond acceptors (Lipinski definition) is 2. The molecule has 1 aliphatic carbocycles. The average molecular weight is 235 g/mol. The molecule has 1 nitrogen and oxygen atoms in total. The van der Waals surface area contributed by atoms with Crippen molar-refractivity contribution < 1.29 is 0 Å². The summed E-state index contributed by atoms with van der Waals surface area (Å²) in [5.74, 6) is 0. The van der Waals surface area contributed by atoms with Crippen LogP contribution in [0.15, 0.2) is 17.0 Å². The number of rotatable bonds is 3. The van der Waals surface area contributed by atoms with Crippen LogP contribution in [0, 0.1) is 13.8 Å². The monoisotopic (exact) mass is 235 g/mol. The molecule has 16 heavy (non-hydrogen) atoms. The first kappa shape index (κ1) is 12.0. The van der Waals surface area contributed by atoms with E-state index in [1.807, 2.05) is 11.8 Å². The SMILES string of the molecule is CSc1cc(C)c(C)c(C2(C(C)N)CC2)c1. The Balaban J connectivity index is 2.52. The Hall–Kier alpha value is -0.470. The van der Waals surface area contributed by atoms with E-state index in [1.165, 1.54) is 34.4 Å². The molecule has 0 heterocycles. The van der Waals surface area contributed by atoms with Gasteiger partial charge in [0, 0.05) is 16.4 Å². The molecular formula is C14H21NS. The summed E-state index contributed by atoms with van der Waals surface area (Å²) in [7, 11) is 0. The molecule has 0 radical (unpaired) electrons. The molecule has 2 rings (SSSR count). The van der Waals surface area contributed by atoms with E-state index in [9.17, 15) is 0 Å². The third-order valence-corrected chi connectivity index (χ3v) is 4.78. The summed E-state index contributed by atoms with van der Waals surface area (Å²) in [6.45, 7) is 6.58. The standard InChI is InChI=1S/C14H21NS/c1-9-7-12(16-4)8-13(10(9)2)14(5-6-14)11(3)15/h7-8,11H,5-6,15H2,1-4H3. The van der Waals surface area contributed by atoms with Crippen LogP contribution in [0.4, 0.5) is 0 Å². The fourth-order valence-electron chi connectivity index (χ4n) is 2.57. The zero-order valence-corrected chi connectivity index (χ0v) is 11.4. The second-order valence-electron chi connectivity index (χ2n) is 5.06. The van der Waals surface area contributed by atoms with Crippen molar-refractivity contribution in [2.45, 2.75) is 50.0 Å². The summed E-state index contributed by atoms with van der Waals surface area (Å²) < 4.78 is 0. The zero-order chi connectivity index (χ0) is 11.9. The number of hydrogen-bond donors (Lipinski definition) is 1. The lowest BCUT2D eigenvalue weighted by molar-refractivity contribution is 0.552. The fourth-order valence-corrected chi connectivity index (χ4v) is 3.10. The highest BCUT2D eigenvalue weighted by atomic mass is 32.2. The van der Waals surface area contributed by atoms with Gasteiger partial charge in [0.05, 0.1) is 0 Å². The van der Waals surface area contributed by atoms with E-state index in [4.69, 9.17) is 5.73 Å². The first-order chi connectivity index (χ1) is 7.51. The van der Waals surface area contributed by atoms with E-state index in [2.05, 4.69) is 39.2 Å². The van der Waals surface area contributed by atoms with Gasteiger partial charge in [-0.15, -0.1) is 11.8 Å². The van der Waals surface area contributed by atoms with E-state index in [0.29, 0.717) is 0 Å². The summed E-state index contributed by atoms with van der Waals surface area (Å²) in [5, 5.41) is 0. The van der Waals surface area contributed by atoms with Crippen LogP contribution in [0.5, 0.6) is 0 Å². The quantitative estimate of drug-likeness (QED) is 0.813. The van der Waals surface area contributed by atoms with E-state index >= 15 is 0 Å². The highest BCUT2D eigenvalue weighted by Crippen LogP contribution is 2.52. The van der Waals surface area contributed by atoms with Gasteiger partial charge in [-0.05, 0) is 68.7 Å². The zero-order valence-electron chi connectivity index (χ0n) is 10.6. The Bertz CT molecular complexity index is 405. The lowest BCUT2D eigenvalue weighted by Crippen LogP contribution is -2.32. The Labute approximate surface area is 103 Å². The first-order valence-electron chi connectivity index (χ1n) is 5.92. The maximum atomic E-state index is 6.17. The molecule has 1 aromatic rings. The van der Waals surface area contributed by atoms with Gasteiger partial charge in [0.25, 0.3) is 0 Å². The van der Waals surface area contributed by atoms with Gasteiger partial charge >= 0.3 is 0 Å². The van der Waals surface area contributed by atoms with Crippen LogP contribution >= 0.6 is 11.8 Å². The van der Waals surface area contributed by atoms with Crippen LogP contribution in [0.2, 0.25) is 0 Å². The van der Waals surface area contributed by atoms with Gasteiger partial charge in [-0.25, -0.2) is 0 Å². The molecule has 0 amide bonds. The topological polar surface area (TPSA) is 26.0 Å². The molecule has 1 unspecified atom stereocenters. The molecule has 0 aromatic heterocycles. The molecule has 0 spiro atoms. The van der Waals surface area contributed by atoms with Gasteiger partial charge in [-0.2, -0.15) is 0 Å². The molecule has 1 aromatic carbocycles. The van der Waals surface area contributed by atoms with Crippen LogP contribution in [-0.4, -0.2) is 12.3 Å². The van der Waals surface area contributed by atoms with Gasteiger partial charge in [0.15, 0.2) is 0 Å². The Morgan fingerprint density at radius 1 is 1.31 bits per heavy atom. The Kier molecular flexibility index (Phi) is 3.06. The molecule has 1 atom stereocenters. The van der Waals surface area contributed by atoms with Crippen LogP contribution in [0.3, 0.4) is 0 Å². The second kappa shape index (κ2) is 4.08. The molecule has 1 fully saturated rings. The maximum Gasteiger partial charge on any atom is 0.0108 e. The van der Waals surface area contributed by atoms with Crippen molar-refractivity contribution in [3.8, 4) is 0 Å². The second-order valence-corrected chi connectivity index (χ2v) is 5.94. The van der Waals surface area contributed by atoms with Crippen molar-refractivity contribution in [1.29, 1.82) is 0 Å². The molecule has 1 aliphatic rings. The Morgan fingerprint density at radius 3 is 2.38 bits per heavy atom. The minimum Gasteiger partial charge on any atom is -0.327 e. The van der Waals surface area contributed by atoms with Gasteiger partial charge in [0.1, 0.15) is 0 Å². The fraction of sp³-hybridized carbons (Fsp3) is 0.571. The van der Waals surface area contributed by atoms with Gasteiger partial charge in [-0.1, -0.05) is 0 Å². The van der Waals surface area contributed by atoms with Crippen molar-refractivity contribution in [2.24, 2.45) is 5.73 Å². The molecule has 0 bridgehead atoms. The molecule has 2 N–H and O–H groups in total. The lowest BCUT2D eigenvalue weighted by Gasteiger charge is -2.24. The summed E-state index contributed by atoms with van der Waals surface area (Å²) in [6.07, 6.45) is 4.64. The van der Waals surface area contributed by atoms with Crippen LogP contribution in [0.25, 0.3) is 0 Å². The Morgan fingerprint density at radius 2 is 1.94 bits per heavy atom. The molecule has 2 heteroatoms. The normalized spacial score (nSPS) is 19.6. The smallest absolute Gasteiger partial charge is 0.0108 e. The van der Waals surface area contributed by atoms with Crippen LogP contribution in [-0.2, 0) is 5.41 Å². The van der Waals surface area contributed by atoms with Crippen molar-refractivity contribution >= 4 is 11.8 Å². The van der Waals surface area contributed by atoms with Crippen LogP contribution < -0.4 is 5.73 Å². The average Bonchev–Trinajstić information content (AvgIpc) is 3.02. The summed E-state index contributed by atoms with van der Waals surface area (Å²) in [5.41, 5.74) is 10.8. The van der Waals surface area contributed by atoms with E-state index in [1.54, 1.807) is 0 Å². The number of benzene rings is 1. The maximum absolute atomic E-state index is 6.17. The molecule has 0 saturated heterocycles. The third kappa shape index (κ3) is 1.78. The molecule has 0 aliphatic heterocycles. The van der Waals surface area contributed by atoms with Crippen molar-refractivity contribution in [1.82, 2.24) is 0 Å². The van der Waals surface area contributed by atoms with E-state index < -0.39 is 0 Å². The van der Waals surface area contributed by atoms with Gasteiger partial charge in [-0.3, -0.25) is 0 Å². The third-order valence-electron chi connectivity index (χ3n) is 4.07. The first-order valence-corrected chi connectivity index (χ1v) is 7.15. The van der Waals surface area contributed by atoms with E-state index in [-0.39, 0.29) is 11.5 Å². The summed E-state index contributed by atoms with van der Waals surface area (Å²) in [4.78, 5) is 1.37. The number of aryl methyl sites for hydroxylation is 1. The van der Waals surface area contributed by atoms with Gasteiger partial charge < -0.3 is 5.73 Å². The van der Waals surface area contributed by atoms with Crippen LogP contribution in [0.1, 0.15) is 36.5 Å². The van der Waals surface area contributed by atoms with E-state index in [0.717, 1.165) is 0 Å². The van der Waals surface area contributed by atoms with Crippen molar-refractivity contribution in [3.63, 3.8) is 0 Å². The summed E-state index contributed by atoms with van der Waals surface area (Å²) >= 11 is 1.82. The predicted octanol–water partition coefficient (Wildman–Crippen LogP) is 3.40. The number of nitrogens with two attached hydrogens (primary N) is 1.